The van der Waals surface area contributed by atoms with E-state index in [-0.39, 0.29) is 24.2 Å². The molecule has 0 radical (unpaired) electrons. The van der Waals surface area contributed by atoms with Gasteiger partial charge >= 0.3 is 6.18 Å². The highest BCUT2D eigenvalue weighted by atomic mass is 19.4. The Bertz CT molecular complexity index is 1230. The van der Waals surface area contributed by atoms with E-state index in [2.05, 4.69) is 39.8 Å². The van der Waals surface area contributed by atoms with E-state index in [1.807, 2.05) is 6.07 Å². The number of carbonyl (C=O) groups excluding carboxylic acids is 1. The highest BCUT2D eigenvalue weighted by Gasteiger charge is 2.54. The molecule has 1 amide bonds. The van der Waals surface area contributed by atoms with Gasteiger partial charge in [-0.1, -0.05) is 49.6 Å². The van der Waals surface area contributed by atoms with Crippen LogP contribution in [0.2, 0.25) is 0 Å². The predicted octanol–water partition coefficient (Wildman–Crippen LogP) is 5.68. The second-order valence-electron chi connectivity index (χ2n) is 12.4. The number of likely N-dealkylation sites (tertiary alicyclic amines) is 1. The zero-order valence-electron chi connectivity index (χ0n) is 23.3. The second-order valence-corrected chi connectivity index (χ2v) is 12.4. The van der Waals surface area contributed by atoms with E-state index in [1.165, 1.54) is 37.0 Å². The van der Waals surface area contributed by atoms with E-state index in [9.17, 15) is 18.0 Å². The number of rotatable bonds is 5. The van der Waals surface area contributed by atoms with Gasteiger partial charge in [0.25, 0.3) is 0 Å². The molecule has 2 saturated heterocycles. The molecule has 4 aliphatic rings. The zero-order valence-corrected chi connectivity index (χ0v) is 23.3. The van der Waals surface area contributed by atoms with E-state index < -0.39 is 29.9 Å². The number of alkyl halides is 3. The van der Waals surface area contributed by atoms with Crippen molar-refractivity contribution in [2.24, 2.45) is 11.8 Å². The summed E-state index contributed by atoms with van der Waals surface area (Å²) in [4.78, 5) is 16.7. The summed E-state index contributed by atoms with van der Waals surface area (Å²) in [6, 6.07) is 13.1. The second kappa shape index (κ2) is 11.6. The van der Waals surface area contributed by atoms with Gasteiger partial charge in [-0.3, -0.25) is 4.79 Å². The number of carbonyl (C=O) groups is 1. The molecule has 0 bridgehead atoms. The van der Waals surface area contributed by atoms with Crippen molar-refractivity contribution in [2.75, 3.05) is 32.8 Å². The smallest absolute Gasteiger partial charge is 0.422 e. The molecule has 0 unspecified atom stereocenters. The molecule has 1 saturated carbocycles. The molecule has 3 heterocycles. The van der Waals surface area contributed by atoms with E-state index >= 15 is 4.39 Å². The Kier molecular flexibility index (Phi) is 8.02. The Hall–Kier alpha value is -2.65. The molecule has 9 heteroatoms. The van der Waals surface area contributed by atoms with E-state index in [1.54, 1.807) is 0 Å². The van der Waals surface area contributed by atoms with Crippen molar-refractivity contribution in [1.82, 2.24) is 15.5 Å². The highest BCUT2D eigenvalue weighted by Crippen LogP contribution is 2.46. The molecular formula is C32H39F4N3O2. The first-order chi connectivity index (χ1) is 19.8. The predicted molar refractivity (Wildman–Crippen MR) is 148 cm³/mol. The molecule has 0 aromatic heterocycles. The van der Waals surface area contributed by atoms with Gasteiger partial charge in [-0.15, -0.1) is 0 Å². The normalized spacial score (nSPS) is 29.0. The van der Waals surface area contributed by atoms with Gasteiger partial charge in [0.15, 0.2) is 6.61 Å². The van der Waals surface area contributed by atoms with Crippen molar-refractivity contribution in [2.45, 2.75) is 75.0 Å². The molecule has 2 aromatic carbocycles. The maximum atomic E-state index is 15.6. The van der Waals surface area contributed by atoms with Gasteiger partial charge in [-0.25, -0.2) is 4.39 Å². The van der Waals surface area contributed by atoms with E-state index in [0.717, 1.165) is 25.7 Å². The third-order valence-electron chi connectivity index (χ3n) is 10.00. The number of hydrogen-bond acceptors (Lipinski definition) is 4. The minimum Gasteiger partial charge on any atom is -0.484 e. The molecule has 2 N–H and O–H groups in total. The van der Waals surface area contributed by atoms with Crippen LogP contribution in [0.5, 0.6) is 5.75 Å². The number of hydrogen-bond donors (Lipinski definition) is 2. The number of fused-ring (bicyclic) bond motifs is 2. The molecule has 3 aliphatic heterocycles. The standard InChI is InChI=1S/C32H39F4N3O2/c33-26-11-12-28(41-20-32(34,35)36)24-16-37-18-31(29(24)26)19-38-17-25(31)30(40)39-14-13-23(21-7-3-1-4-8-21)15-27(39)22-9-5-2-6-10-22/h1,3-4,7-8,11-12,22-23,25,27,37-38H,2,5-6,9-10,13-20H2/t23-,25+,27+,31-/m1/s1. The number of amides is 1. The number of piperidine rings is 1. The van der Waals surface area contributed by atoms with E-state index in [0.29, 0.717) is 49.1 Å². The fourth-order valence-corrected chi connectivity index (χ4v) is 8.10. The number of halogens is 4. The largest absolute Gasteiger partial charge is 0.484 e. The summed E-state index contributed by atoms with van der Waals surface area (Å²) in [5.41, 5.74) is 1.12. The lowest BCUT2D eigenvalue weighted by Crippen LogP contribution is -2.58. The van der Waals surface area contributed by atoms with Crippen LogP contribution in [0.3, 0.4) is 0 Å². The quantitative estimate of drug-likeness (QED) is 0.452. The summed E-state index contributed by atoms with van der Waals surface area (Å²) in [6.07, 6.45) is 3.11. The van der Waals surface area contributed by atoms with Gasteiger partial charge < -0.3 is 20.3 Å². The highest BCUT2D eigenvalue weighted by molar-refractivity contribution is 5.82. The Morgan fingerprint density at radius 2 is 1.76 bits per heavy atom. The van der Waals surface area contributed by atoms with Crippen LogP contribution >= 0.6 is 0 Å². The van der Waals surface area contributed by atoms with Crippen LogP contribution in [-0.2, 0) is 16.8 Å². The first-order valence-electron chi connectivity index (χ1n) is 15.0. The number of nitrogens with zero attached hydrogens (tertiary/aromatic N) is 1. The molecule has 1 aliphatic carbocycles. The third-order valence-corrected chi connectivity index (χ3v) is 10.00. The fraction of sp³-hybridized carbons (Fsp3) is 0.594. The van der Waals surface area contributed by atoms with Crippen LogP contribution in [0.4, 0.5) is 17.6 Å². The lowest BCUT2D eigenvalue weighted by Gasteiger charge is -2.48. The number of ether oxygens (including phenoxy) is 1. The summed E-state index contributed by atoms with van der Waals surface area (Å²) >= 11 is 0. The van der Waals surface area contributed by atoms with Crippen molar-refractivity contribution in [1.29, 1.82) is 0 Å². The van der Waals surface area contributed by atoms with Crippen LogP contribution in [0, 0.1) is 17.7 Å². The maximum absolute atomic E-state index is 15.6. The third kappa shape index (κ3) is 5.59. The summed E-state index contributed by atoms with van der Waals surface area (Å²) in [6.45, 7) is 0.552. The molecule has 222 valence electrons. The Morgan fingerprint density at radius 3 is 2.51 bits per heavy atom. The van der Waals surface area contributed by atoms with E-state index in [4.69, 9.17) is 4.74 Å². The Balaban J connectivity index is 1.31. The van der Waals surface area contributed by atoms with Gasteiger partial charge in [0.05, 0.1) is 5.92 Å². The molecule has 1 spiro atoms. The molecule has 6 rings (SSSR count). The van der Waals surface area contributed by atoms with Crippen LogP contribution in [0.25, 0.3) is 0 Å². The minimum atomic E-state index is -4.51. The van der Waals surface area contributed by atoms with Crippen molar-refractivity contribution >= 4 is 5.91 Å². The summed E-state index contributed by atoms with van der Waals surface area (Å²) in [7, 11) is 0. The van der Waals surface area contributed by atoms with Gasteiger partial charge in [0.1, 0.15) is 11.6 Å². The summed E-state index contributed by atoms with van der Waals surface area (Å²) in [5, 5.41) is 6.64. The number of nitrogens with one attached hydrogen (secondary N) is 2. The fourth-order valence-electron chi connectivity index (χ4n) is 8.10. The Morgan fingerprint density at radius 1 is 1.00 bits per heavy atom. The monoisotopic (exact) mass is 573 g/mol. The average molecular weight is 574 g/mol. The maximum Gasteiger partial charge on any atom is 0.422 e. The lowest BCUT2D eigenvalue weighted by molar-refractivity contribution is -0.153. The molecule has 41 heavy (non-hydrogen) atoms. The first-order valence-corrected chi connectivity index (χ1v) is 15.0. The van der Waals surface area contributed by atoms with Crippen LogP contribution < -0.4 is 15.4 Å². The summed E-state index contributed by atoms with van der Waals surface area (Å²) < 4.78 is 59.7. The van der Waals surface area contributed by atoms with Crippen molar-refractivity contribution < 1.29 is 27.1 Å². The average Bonchev–Trinajstić information content (AvgIpc) is 3.40. The van der Waals surface area contributed by atoms with Crippen molar-refractivity contribution in [3.8, 4) is 5.75 Å². The minimum absolute atomic E-state index is 0.0205. The molecular weight excluding hydrogens is 534 g/mol. The van der Waals surface area contributed by atoms with Gasteiger partial charge in [0, 0.05) is 55.3 Å². The molecule has 2 aromatic rings. The molecule has 4 atom stereocenters. The van der Waals surface area contributed by atoms with Crippen molar-refractivity contribution in [3.63, 3.8) is 0 Å². The number of benzene rings is 2. The first kappa shape index (κ1) is 28.5. The van der Waals surface area contributed by atoms with Gasteiger partial charge in [-0.2, -0.15) is 13.2 Å². The Labute approximate surface area is 239 Å². The zero-order chi connectivity index (χ0) is 28.6. The van der Waals surface area contributed by atoms with Crippen LogP contribution in [-0.4, -0.2) is 55.8 Å². The molecule has 3 fully saturated rings. The van der Waals surface area contributed by atoms with Crippen LogP contribution in [0.1, 0.15) is 67.6 Å². The SMILES string of the molecule is O=C([C@@H]1CNC[C@]12CNCc1c(OCC(F)(F)F)ccc(F)c12)N1CC[C@@H](c2ccccc2)C[C@H]1C1CCCCC1. The van der Waals surface area contributed by atoms with Gasteiger partial charge in [0.2, 0.25) is 5.91 Å². The van der Waals surface area contributed by atoms with Crippen LogP contribution in [0.15, 0.2) is 42.5 Å². The summed E-state index contributed by atoms with van der Waals surface area (Å²) in [5.74, 6) is -0.124. The van der Waals surface area contributed by atoms with Gasteiger partial charge in [-0.05, 0) is 55.2 Å². The topological polar surface area (TPSA) is 53.6 Å². The molecule has 5 nitrogen and oxygen atoms in total. The lowest BCUT2D eigenvalue weighted by atomic mass is 9.67. The van der Waals surface area contributed by atoms with Crippen molar-refractivity contribution in [3.05, 3.63) is 65.0 Å².